The molecule has 0 aromatic carbocycles. The molecule has 0 bridgehead atoms. The summed E-state index contributed by atoms with van der Waals surface area (Å²) in [5.41, 5.74) is 0. The summed E-state index contributed by atoms with van der Waals surface area (Å²) < 4.78 is 14.7. The molecule has 0 saturated carbocycles. The van der Waals surface area contributed by atoms with Crippen molar-refractivity contribution in [1.82, 2.24) is 4.90 Å². The molecule has 3 N–H and O–H groups in total. The van der Waals surface area contributed by atoms with E-state index in [2.05, 4.69) is 4.52 Å². The topological polar surface area (TPSA) is 90.2 Å². The first-order valence-corrected chi connectivity index (χ1v) is 6.11. The zero-order valence-corrected chi connectivity index (χ0v) is 8.77. The lowest BCUT2D eigenvalue weighted by atomic mass is 10.2. The quantitative estimate of drug-likeness (QED) is 0.549. The number of phosphoric ester groups is 1. The predicted octanol–water partition coefficient (Wildman–Crippen LogP) is -0.448. The summed E-state index contributed by atoms with van der Waals surface area (Å²) in [5, 5.41) is 8.96. The Bertz CT molecular complexity index is 218. The van der Waals surface area contributed by atoms with Crippen LogP contribution in [-0.2, 0) is 9.09 Å². The molecular weight excluding hydrogens is 209 g/mol. The third kappa shape index (κ3) is 4.04. The van der Waals surface area contributed by atoms with Crippen LogP contribution in [-0.4, -0.2) is 52.1 Å². The third-order valence-corrected chi connectivity index (χ3v) is 2.87. The van der Waals surface area contributed by atoms with Crippen LogP contribution in [0.15, 0.2) is 0 Å². The first-order valence-electron chi connectivity index (χ1n) is 4.58. The second-order valence-corrected chi connectivity index (χ2v) is 4.58. The van der Waals surface area contributed by atoms with E-state index in [0.717, 1.165) is 19.4 Å². The van der Waals surface area contributed by atoms with Crippen LogP contribution in [0.4, 0.5) is 0 Å². The van der Waals surface area contributed by atoms with Gasteiger partial charge in [0.25, 0.3) is 0 Å². The van der Waals surface area contributed by atoms with Gasteiger partial charge in [-0.15, -0.1) is 0 Å². The zero-order valence-electron chi connectivity index (χ0n) is 7.87. The van der Waals surface area contributed by atoms with Gasteiger partial charge in [-0.25, -0.2) is 4.57 Å². The molecule has 1 saturated heterocycles. The maximum Gasteiger partial charge on any atom is 0.469 e. The average Bonchev–Trinajstić information content (AvgIpc) is 2.49. The molecule has 0 aromatic rings. The summed E-state index contributed by atoms with van der Waals surface area (Å²) >= 11 is 0. The van der Waals surface area contributed by atoms with E-state index >= 15 is 0 Å². The van der Waals surface area contributed by atoms with Crippen LogP contribution < -0.4 is 0 Å². The van der Waals surface area contributed by atoms with E-state index < -0.39 is 7.82 Å². The molecule has 1 fully saturated rings. The summed E-state index contributed by atoms with van der Waals surface area (Å²) in [6.45, 7) is 1.41. The van der Waals surface area contributed by atoms with E-state index in [1.807, 2.05) is 4.90 Å². The van der Waals surface area contributed by atoms with Gasteiger partial charge in [0.05, 0.1) is 13.2 Å². The van der Waals surface area contributed by atoms with Gasteiger partial charge in [-0.3, -0.25) is 9.42 Å². The summed E-state index contributed by atoms with van der Waals surface area (Å²) in [6.07, 6.45) is 1.95. The Kier molecular flexibility index (Phi) is 4.50. The minimum atomic E-state index is -4.34. The van der Waals surface area contributed by atoms with E-state index in [0.29, 0.717) is 6.54 Å². The van der Waals surface area contributed by atoms with Crippen molar-refractivity contribution in [3.63, 3.8) is 0 Å². The van der Waals surface area contributed by atoms with Crippen LogP contribution in [0.2, 0.25) is 0 Å². The Morgan fingerprint density at radius 2 is 2.21 bits per heavy atom. The lowest BCUT2D eigenvalue weighted by Crippen LogP contribution is -2.34. The lowest BCUT2D eigenvalue weighted by molar-refractivity contribution is 0.125. The van der Waals surface area contributed by atoms with Crippen LogP contribution in [0.3, 0.4) is 0 Å². The number of rotatable bonds is 5. The van der Waals surface area contributed by atoms with Crippen LogP contribution in [0.25, 0.3) is 0 Å². The Hall–Kier alpha value is 0.0300. The van der Waals surface area contributed by atoms with Crippen molar-refractivity contribution in [3.05, 3.63) is 0 Å². The number of hydrogen-bond donors (Lipinski definition) is 3. The van der Waals surface area contributed by atoms with Crippen molar-refractivity contribution < 1.29 is 24.0 Å². The van der Waals surface area contributed by atoms with Gasteiger partial charge in [0.15, 0.2) is 0 Å². The number of hydrogen-bond acceptors (Lipinski definition) is 4. The SMILES string of the molecule is O=P(O)(O)OCCN1CCCC1CO. The predicted molar refractivity (Wildman–Crippen MR) is 49.7 cm³/mol. The lowest BCUT2D eigenvalue weighted by Gasteiger charge is -2.22. The molecule has 6 nitrogen and oxygen atoms in total. The largest absolute Gasteiger partial charge is 0.469 e. The molecular formula is C7H16NO5P. The van der Waals surface area contributed by atoms with Crippen molar-refractivity contribution in [2.75, 3.05) is 26.3 Å². The van der Waals surface area contributed by atoms with Crippen molar-refractivity contribution in [2.45, 2.75) is 18.9 Å². The van der Waals surface area contributed by atoms with E-state index in [4.69, 9.17) is 14.9 Å². The second-order valence-electron chi connectivity index (χ2n) is 3.34. The standard InChI is InChI=1S/C7H16NO5P/c9-6-7-2-1-3-8(7)4-5-13-14(10,11)12/h7,9H,1-6H2,(H2,10,11,12). The first-order chi connectivity index (χ1) is 6.53. The van der Waals surface area contributed by atoms with Gasteiger partial charge >= 0.3 is 7.82 Å². The maximum atomic E-state index is 10.4. The zero-order chi connectivity index (χ0) is 10.6. The molecule has 1 aliphatic rings. The van der Waals surface area contributed by atoms with Gasteiger partial charge in [-0.2, -0.15) is 0 Å². The first kappa shape index (κ1) is 12.1. The normalized spacial score (nSPS) is 24.4. The fourth-order valence-electron chi connectivity index (χ4n) is 1.67. The van der Waals surface area contributed by atoms with Crippen LogP contribution in [0.5, 0.6) is 0 Å². The molecule has 1 rings (SSSR count). The summed E-state index contributed by atoms with van der Waals surface area (Å²) in [4.78, 5) is 18.9. The summed E-state index contributed by atoms with van der Waals surface area (Å²) in [7, 11) is -4.34. The molecule has 0 aliphatic carbocycles. The molecule has 1 atom stereocenters. The van der Waals surface area contributed by atoms with Crippen molar-refractivity contribution in [3.8, 4) is 0 Å². The fourth-order valence-corrected chi connectivity index (χ4v) is 1.99. The molecule has 7 heteroatoms. The molecule has 0 aromatic heterocycles. The van der Waals surface area contributed by atoms with Gasteiger partial charge in [-0.1, -0.05) is 0 Å². The van der Waals surface area contributed by atoms with E-state index in [1.54, 1.807) is 0 Å². The fraction of sp³-hybridized carbons (Fsp3) is 1.00. The van der Waals surface area contributed by atoms with Gasteiger partial charge < -0.3 is 14.9 Å². The monoisotopic (exact) mass is 225 g/mol. The summed E-state index contributed by atoms with van der Waals surface area (Å²) in [6, 6.07) is 0.121. The highest BCUT2D eigenvalue weighted by Gasteiger charge is 2.24. The van der Waals surface area contributed by atoms with Crippen LogP contribution in [0.1, 0.15) is 12.8 Å². The van der Waals surface area contributed by atoms with E-state index in [-0.39, 0.29) is 19.3 Å². The highest BCUT2D eigenvalue weighted by Crippen LogP contribution is 2.35. The Morgan fingerprint density at radius 1 is 1.50 bits per heavy atom. The Balaban J connectivity index is 2.21. The molecule has 0 spiro atoms. The number of nitrogens with zero attached hydrogens (tertiary/aromatic N) is 1. The molecule has 1 heterocycles. The number of likely N-dealkylation sites (tertiary alicyclic amines) is 1. The molecule has 14 heavy (non-hydrogen) atoms. The van der Waals surface area contributed by atoms with Gasteiger partial charge in [0, 0.05) is 12.6 Å². The third-order valence-electron chi connectivity index (χ3n) is 2.35. The minimum Gasteiger partial charge on any atom is -0.395 e. The Labute approximate surface area is 82.7 Å². The number of aliphatic hydroxyl groups is 1. The highest BCUT2D eigenvalue weighted by molar-refractivity contribution is 7.46. The average molecular weight is 225 g/mol. The van der Waals surface area contributed by atoms with Crippen molar-refractivity contribution in [2.24, 2.45) is 0 Å². The molecule has 1 unspecified atom stereocenters. The second kappa shape index (κ2) is 5.21. The van der Waals surface area contributed by atoms with Crippen LogP contribution >= 0.6 is 7.82 Å². The Morgan fingerprint density at radius 3 is 2.79 bits per heavy atom. The smallest absolute Gasteiger partial charge is 0.395 e. The molecule has 0 radical (unpaired) electrons. The van der Waals surface area contributed by atoms with Crippen LogP contribution in [0, 0.1) is 0 Å². The molecule has 1 aliphatic heterocycles. The van der Waals surface area contributed by atoms with Gasteiger partial charge in [-0.05, 0) is 19.4 Å². The van der Waals surface area contributed by atoms with E-state index in [1.165, 1.54) is 0 Å². The van der Waals surface area contributed by atoms with Gasteiger partial charge in [0.1, 0.15) is 0 Å². The van der Waals surface area contributed by atoms with Crippen molar-refractivity contribution in [1.29, 1.82) is 0 Å². The number of phosphoric acid groups is 1. The van der Waals surface area contributed by atoms with Gasteiger partial charge in [0.2, 0.25) is 0 Å². The highest BCUT2D eigenvalue weighted by atomic mass is 31.2. The molecule has 0 amide bonds. The minimum absolute atomic E-state index is 0.000772. The number of aliphatic hydroxyl groups excluding tert-OH is 1. The summed E-state index contributed by atoms with van der Waals surface area (Å²) in [5.74, 6) is 0. The van der Waals surface area contributed by atoms with Crippen molar-refractivity contribution >= 4 is 7.82 Å². The molecule has 84 valence electrons. The van der Waals surface area contributed by atoms with E-state index in [9.17, 15) is 4.57 Å². The maximum absolute atomic E-state index is 10.4.